The summed E-state index contributed by atoms with van der Waals surface area (Å²) in [5.41, 5.74) is -0.877. The van der Waals surface area contributed by atoms with Crippen molar-refractivity contribution in [3.8, 4) is 0 Å². The number of ether oxygens (including phenoxy) is 4. The maximum atomic E-state index is 14.2. The Morgan fingerprint density at radius 3 is 0.953 bits per heavy atom. The van der Waals surface area contributed by atoms with Crippen molar-refractivity contribution in [3.63, 3.8) is 0 Å². The van der Waals surface area contributed by atoms with Gasteiger partial charge in [0.25, 0.3) is 0 Å². The first-order valence-electron chi connectivity index (χ1n) is 22.1. The number of esters is 4. The maximum Gasteiger partial charge on any atom is 0.324 e. The lowest BCUT2D eigenvalue weighted by molar-refractivity contribution is -0.166. The summed E-state index contributed by atoms with van der Waals surface area (Å²) in [6.45, 7) is 20.8. The van der Waals surface area contributed by atoms with Crippen molar-refractivity contribution in [1.29, 1.82) is 0 Å². The molecule has 0 bridgehead atoms. The molecule has 0 aliphatic rings. The van der Waals surface area contributed by atoms with E-state index >= 15 is 0 Å². The minimum atomic E-state index is -1.10. The number of carbonyl (C=O) groups is 5. The van der Waals surface area contributed by atoms with E-state index in [1.807, 2.05) is 91.0 Å². The quantitative estimate of drug-likeness (QED) is 0.0802. The van der Waals surface area contributed by atoms with Crippen molar-refractivity contribution in [3.05, 3.63) is 108 Å². The number of hydrogen-bond donors (Lipinski definition) is 1. The summed E-state index contributed by atoms with van der Waals surface area (Å²) in [7, 11) is 0. The molecule has 13 nitrogen and oxygen atoms in total. The Bertz CT molecular complexity index is 1820. The SMILES string of the molecule is CC(C)(C)OC(=O)CN(CCN(CCN(CC(=O)OC(C)(C)C)[C@H](Cc1ccccc1)C(=O)OC(C)(C)C)[C@@H](Cc1ccccc1)C(=O)O)[C@H](Cc1ccccc1)C(=O)OC(C)(C)C. The van der Waals surface area contributed by atoms with Crippen LogP contribution in [0.2, 0.25) is 0 Å². The molecule has 0 aliphatic carbocycles. The normalized spacial score (nSPS) is 13.9. The lowest BCUT2D eigenvalue weighted by atomic mass is 10.0. The van der Waals surface area contributed by atoms with Crippen LogP contribution >= 0.6 is 0 Å². The van der Waals surface area contributed by atoms with Gasteiger partial charge in [-0.15, -0.1) is 0 Å². The molecule has 3 rings (SSSR count). The maximum absolute atomic E-state index is 14.2. The van der Waals surface area contributed by atoms with Gasteiger partial charge in [0.2, 0.25) is 0 Å². The first-order valence-corrected chi connectivity index (χ1v) is 22.1. The molecule has 3 aromatic carbocycles. The highest BCUT2D eigenvalue weighted by molar-refractivity contribution is 5.80. The molecule has 0 saturated heterocycles. The smallest absolute Gasteiger partial charge is 0.324 e. The standard InChI is InChI=1S/C51H73N3O10/c1-48(2,3)61-43(55)35-53(41(46(59)63-50(7,8)9)33-38-24-18-14-19-25-38)30-28-52(40(45(57)58)32-37-22-16-13-17-23-37)29-31-54(36-44(56)62-49(4,5)6)42(47(60)64-51(10,11)12)34-39-26-20-15-21-27-39/h13-27,40-42H,28-36H2,1-12H3,(H,57,58)/t40-,41+,42+/m0/s1. The van der Waals surface area contributed by atoms with Crippen LogP contribution in [0.15, 0.2) is 91.0 Å². The van der Waals surface area contributed by atoms with Crippen LogP contribution in [0.5, 0.6) is 0 Å². The van der Waals surface area contributed by atoms with Crippen LogP contribution in [0.4, 0.5) is 0 Å². The van der Waals surface area contributed by atoms with Gasteiger partial charge in [0.15, 0.2) is 0 Å². The monoisotopic (exact) mass is 888 g/mol. The van der Waals surface area contributed by atoms with Gasteiger partial charge in [-0.3, -0.25) is 38.7 Å². The van der Waals surface area contributed by atoms with Crippen LogP contribution in [-0.2, 0) is 62.2 Å². The molecule has 3 atom stereocenters. The predicted octanol–water partition coefficient (Wildman–Crippen LogP) is 7.18. The minimum Gasteiger partial charge on any atom is -0.480 e. The summed E-state index contributed by atoms with van der Waals surface area (Å²) in [4.78, 5) is 74.2. The molecular weight excluding hydrogens is 815 g/mol. The number of carboxylic acid groups (broad SMARTS) is 1. The van der Waals surface area contributed by atoms with Crippen molar-refractivity contribution in [1.82, 2.24) is 14.7 Å². The summed E-state index contributed by atoms with van der Waals surface area (Å²) in [6, 6.07) is 25.0. The van der Waals surface area contributed by atoms with Crippen LogP contribution in [0.25, 0.3) is 0 Å². The third kappa shape index (κ3) is 20.6. The fraction of sp³-hybridized carbons (Fsp3) is 0.549. The molecule has 1 N–H and O–H groups in total. The van der Waals surface area contributed by atoms with E-state index in [9.17, 15) is 29.1 Å². The average molecular weight is 888 g/mol. The number of carbonyl (C=O) groups excluding carboxylic acids is 4. The molecular formula is C51H73N3O10. The molecule has 0 heterocycles. The molecule has 0 amide bonds. The Morgan fingerprint density at radius 2 is 0.688 bits per heavy atom. The number of aliphatic carboxylic acids is 1. The van der Waals surface area contributed by atoms with Crippen molar-refractivity contribution < 1.29 is 48.0 Å². The molecule has 0 spiro atoms. The van der Waals surface area contributed by atoms with Gasteiger partial charge >= 0.3 is 29.8 Å². The largest absolute Gasteiger partial charge is 0.480 e. The van der Waals surface area contributed by atoms with Gasteiger partial charge in [-0.25, -0.2) is 0 Å². The van der Waals surface area contributed by atoms with E-state index < -0.39 is 70.4 Å². The second-order valence-electron chi connectivity index (χ2n) is 20.2. The van der Waals surface area contributed by atoms with E-state index in [2.05, 4.69) is 0 Å². The Morgan fingerprint density at radius 1 is 0.422 bits per heavy atom. The third-order valence-electron chi connectivity index (χ3n) is 9.63. The molecule has 13 heteroatoms. The Hall–Kier alpha value is -5.11. The topological polar surface area (TPSA) is 152 Å². The first kappa shape index (κ1) is 53.2. The van der Waals surface area contributed by atoms with Crippen LogP contribution in [-0.4, -0.2) is 129 Å². The summed E-state index contributed by atoms with van der Waals surface area (Å²) >= 11 is 0. The zero-order valence-corrected chi connectivity index (χ0v) is 40.2. The molecule has 352 valence electrons. The van der Waals surface area contributed by atoms with Gasteiger partial charge in [0.05, 0.1) is 13.1 Å². The molecule has 3 aromatic rings. The van der Waals surface area contributed by atoms with Crippen molar-refractivity contribution >= 4 is 29.8 Å². The van der Waals surface area contributed by atoms with E-state index in [-0.39, 0.29) is 58.5 Å². The van der Waals surface area contributed by atoms with Crippen molar-refractivity contribution in [2.24, 2.45) is 0 Å². The summed E-state index contributed by atoms with van der Waals surface area (Å²) in [6.07, 6.45) is 0.518. The molecule has 0 unspecified atom stereocenters. The van der Waals surface area contributed by atoms with Gasteiger partial charge in [-0.05, 0) is 119 Å². The zero-order valence-electron chi connectivity index (χ0n) is 40.2. The summed E-state index contributed by atoms with van der Waals surface area (Å²) in [5, 5.41) is 11.0. The third-order valence-corrected chi connectivity index (χ3v) is 9.63. The second-order valence-corrected chi connectivity index (χ2v) is 20.2. The zero-order chi connectivity index (χ0) is 47.9. The number of carboxylic acids is 1. The van der Waals surface area contributed by atoms with Crippen molar-refractivity contribution in [2.45, 2.75) is 143 Å². The molecule has 64 heavy (non-hydrogen) atoms. The Balaban J connectivity index is 2.17. The summed E-state index contributed by atoms with van der Waals surface area (Å²) in [5.74, 6) is -3.32. The fourth-order valence-corrected chi connectivity index (χ4v) is 7.05. The van der Waals surface area contributed by atoms with E-state index in [4.69, 9.17) is 18.9 Å². The lowest BCUT2D eigenvalue weighted by Crippen LogP contribution is -2.55. The molecule has 0 radical (unpaired) electrons. The lowest BCUT2D eigenvalue weighted by Gasteiger charge is -2.37. The van der Waals surface area contributed by atoms with E-state index in [1.54, 1.807) is 97.8 Å². The number of benzene rings is 3. The van der Waals surface area contributed by atoms with E-state index in [1.165, 1.54) is 0 Å². The van der Waals surface area contributed by atoms with Crippen LogP contribution in [0, 0.1) is 0 Å². The number of hydrogen-bond acceptors (Lipinski definition) is 12. The Labute approximate surface area is 381 Å². The molecule has 0 saturated carbocycles. The van der Waals surface area contributed by atoms with E-state index in [0.29, 0.717) is 0 Å². The Kier molecular flexibility index (Phi) is 19.7. The van der Waals surface area contributed by atoms with Crippen molar-refractivity contribution in [2.75, 3.05) is 39.3 Å². The highest BCUT2D eigenvalue weighted by Gasteiger charge is 2.37. The molecule has 0 fully saturated rings. The highest BCUT2D eigenvalue weighted by Crippen LogP contribution is 2.21. The van der Waals surface area contributed by atoms with Gasteiger partial charge in [-0.1, -0.05) is 91.0 Å². The first-order chi connectivity index (χ1) is 29.7. The van der Waals surface area contributed by atoms with Gasteiger partial charge < -0.3 is 24.1 Å². The van der Waals surface area contributed by atoms with Crippen LogP contribution < -0.4 is 0 Å². The van der Waals surface area contributed by atoms with Crippen LogP contribution in [0.1, 0.15) is 99.8 Å². The van der Waals surface area contributed by atoms with Crippen LogP contribution in [0.3, 0.4) is 0 Å². The van der Waals surface area contributed by atoms with E-state index in [0.717, 1.165) is 16.7 Å². The minimum absolute atomic E-state index is 0.0418. The fourth-order valence-electron chi connectivity index (χ4n) is 7.05. The molecule has 0 aromatic heterocycles. The summed E-state index contributed by atoms with van der Waals surface area (Å²) < 4.78 is 23.4. The predicted molar refractivity (Wildman–Crippen MR) is 248 cm³/mol. The number of nitrogens with zero attached hydrogens (tertiary/aromatic N) is 3. The highest BCUT2D eigenvalue weighted by atomic mass is 16.6. The van der Waals surface area contributed by atoms with Gasteiger partial charge in [0.1, 0.15) is 40.5 Å². The average Bonchev–Trinajstić information content (AvgIpc) is 3.15. The number of rotatable bonds is 22. The second kappa shape index (κ2) is 23.7. The van der Waals surface area contributed by atoms with Gasteiger partial charge in [-0.2, -0.15) is 0 Å². The van der Waals surface area contributed by atoms with Gasteiger partial charge in [0, 0.05) is 26.2 Å². The molecule has 0 aliphatic heterocycles.